The Morgan fingerprint density at radius 2 is 2.00 bits per heavy atom. The van der Waals surface area contributed by atoms with Gasteiger partial charge >= 0.3 is 6.18 Å². The maximum atomic E-state index is 10.5. The Morgan fingerprint density at radius 3 is 2.48 bits per heavy atom. The van der Waals surface area contributed by atoms with Gasteiger partial charge in [-0.2, -0.15) is 13.2 Å². The standard InChI is InChI=1S/C11H16N2O.C2HF3O2/c1-14-10-3-2-6-13-11(10)9-4-7-12-8-5-9;3-2(4,5)1(6)7/h2-3,6,9,12H,4-5,7-8H2,1H3;(H,6,7). The highest BCUT2D eigenvalue weighted by Crippen LogP contribution is 2.29. The Hall–Kier alpha value is -1.83. The highest BCUT2D eigenvalue weighted by Gasteiger charge is 2.28. The number of ether oxygens (including phenoxy) is 1. The number of halogens is 3. The molecule has 0 aromatic carbocycles. The van der Waals surface area contributed by atoms with Gasteiger partial charge in [-0.3, -0.25) is 4.98 Å². The first kappa shape index (κ1) is 17.2. The van der Waals surface area contributed by atoms with Crippen LogP contribution in [0.1, 0.15) is 24.5 Å². The zero-order valence-corrected chi connectivity index (χ0v) is 11.5. The highest BCUT2D eigenvalue weighted by molar-refractivity contribution is 5.70. The second-order valence-electron chi connectivity index (χ2n) is 4.52. The van der Waals surface area contributed by atoms with Gasteiger partial charge in [0.1, 0.15) is 11.7 Å². The van der Waals surface area contributed by atoms with Crippen molar-refractivity contribution in [1.29, 1.82) is 0 Å². The van der Waals surface area contributed by atoms with Crippen molar-refractivity contribution in [2.24, 2.45) is 0 Å². The van der Waals surface area contributed by atoms with E-state index in [9.17, 15) is 13.2 Å². The Bertz CT molecular complexity index is 460. The van der Waals surface area contributed by atoms with Crippen molar-refractivity contribution in [2.75, 3.05) is 20.2 Å². The van der Waals surface area contributed by atoms with E-state index < -0.39 is 12.1 Å². The van der Waals surface area contributed by atoms with Crippen LogP contribution in [0.2, 0.25) is 0 Å². The lowest BCUT2D eigenvalue weighted by Gasteiger charge is -2.21. The van der Waals surface area contributed by atoms with E-state index in [1.165, 1.54) is 25.9 Å². The van der Waals surface area contributed by atoms with Crippen LogP contribution in [0, 0.1) is 0 Å². The van der Waals surface area contributed by atoms with Gasteiger partial charge in [-0.05, 0) is 12.1 Å². The van der Waals surface area contributed by atoms with Crippen molar-refractivity contribution in [3.8, 4) is 5.75 Å². The molecule has 1 saturated heterocycles. The fourth-order valence-corrected chi connectivity index (χ4v) is 2.08. The summed E-state index contributed by atoms with van der Waals surface area (Å²) in [5.74, 6) is -1.47. The number of alkyl halides is 3. The number of aromatic nitrogens is 1. The van der Waals surface area contributed by atoms with Gasteiger partial charge in [0.25, 0.3) is 0 Å². The van der Waals surface area contributed by atoms with Crippen molar-refractivity contribution in [3.05, 3.63) is 24.0 Å². The second-order valence-corrected chi connectivity index (χ2v) is 4.52. The predicted octanol–water partition coefficient (Wildman–Crippen LogP) is -0.170. The van der Waals surface area contributed by atoms with Crippen molar-refractivity contribution in [1.82, 2.24) is 4.98 Å². The number of hydrogen-bond donors (Lipinski definition) is 1. The smallest absolute Gasteiger partial charge is 0.430 e. The van der Waals surface area contributed by atoms with E-state index in [0.717, 1.165) is 11.4 Å². The van der Waals surface area contributed by atoms with E-state index in [-0.39, 0.29) is 0 Å². The third kappa shape index (κ3) is 5.58. The second kappa shape index (κ2) is 7.82. The number of hydrogen-bond acceptors (Lipinski definition) is 4. The molecule has 2 rings (SSSR count). The lowest BCUT2D eigenvalue weighted by atomic mass is 9.93. The Morgan fingerprint density at radius 1 is 1.43 bits per heavy atom. The van der Waals surface area contributed by atoms with Crippen LogP contribution < -0.4 is 15.2 Å². The number of carboxylic acids is 1. The lowest BCUT2D eigenvalue weighted by molar-refractivity contribution is -0.663. The first-order valence-electron chi connectivity index (χ1n) is 6.45. The number of quaternary nitrogens is 1. The number of pyridine rings is 1. The minimum atomic E-state index is -5.19. The molecule has 0 atom stereocenters. The summed E-state index contributed by atoms with van der Waals surface area (Å²) in [7, 11) is 1.72. The molecule has 2 heterocycles. The molecule has 0 spiro atoms. The summed E-state index contributed by atoms with van der Waals surface area (Å²) >= 11 is 0. The lowest BCUT2D eigenvalue weighted by Crippen LogP contribution is -2.86. The average Bonchev–Trinajstić information content (AvgIpc) is 2.48. The summed E-state index contributed by atoms with van der Waals surface area (Å²) in [6.45, 7) is 2.43. The molecule has 0 bridgehead atoms. The number of rotatable bonds is 2. The SMILES string of the molecule is COc1cccnc1C1CC[NH2+]CC1.O=C([O-])C(F)(F)F. The number of carboxylic acid groups (broad SMARTS) is 1. The van der Waals surface area contributed by atoms with Crippen LogP contribution in [-0.2, 0) is 4.79 Å². The van der Waals surface area contributed by atoms with E-state index in [1.807, 2.05) is 18.3 Å². The Labute approximate surface area is 120 Å². The van der Waals surface area contributed by atoms with Gasteiger partial charge in [-0.25, -0.2) is 0 Å². The third-order valence-corrected chi connectivity index (χ3v) is 3.08. The number of carbonyl (C=O) groups excluding carboxylic acids is 1. The third-order valence-electron chi connectivity index (χ3n) is 3.08. The normalized spacial score (nSPS) is 15.8. The molecule has 0 saturated carbocycles. The zero-order chi connectivity index (χ0) is 15.9. The van der Waals surface area contributed by atoms with Gasteiger partial charge in [0.2, 0.25) is 0 Å². The van der Waals surface area contributed by atoms with E-state index in [4.69, 9.17) is 14.6 Å². The summed E-state index contributed by atoms with van der Waals surface area (Å²) in [6, 6.07) is 3.93. The molecular weight excluding hydrogens is 289 g/mol. The molecular formula is C13H17F3N2O3. The van der Waals surface area contributed by atoms with Crippen molar-refractivity contribution in [2.45, 2.75) is 24.9 Å². The molecule has 0 aliphatic carbocycles. The van der Waals surface area contributed by atoms with E-state index in [0.29, 0.717) is 5.92 Å². The van der Waals surface area contributed by atoms with Crippen molar-refractivity contribution < 1.29 is 33.1 Å². The molecule has 5 nitrogen and oxygen atoms in total. The molecule has 1 aromatic rings. The van der Waals surface area contributed by atoms with E-state index in [2.05, 4.69) is 10.3 Å². The van der Waals surface area contributed by atoms with Crippen molar-refractivity contribution >= 4 is 5.97 Å². The number of carbonyl (C=O) groups is 1. The van der Waals surface area contributed by atoms with Gasteiger partial charge < -0.3 is 20.0 Å². The van der Waals surface area contributed by atoms with E-state index in [1.54, 1.807) is 7.11 Å². The van der Waals surface area contributed by atoms with Gasteiger partial charge in [-0.15, -0.1) is 0 Å². The highest BCUT2D eigenvalue weighted by atomic mass is 19.4. The molecule has 1 aromatic heterocycles. The van der Waals surface area contributed by atoms with Crippen LogP contribution in [0.4, 0.5) is 13.2 Å². The maximum absolute atomic E-state index is 10.5. The molecule has 2 N–H and O–H groups in total. The van der Waals surface area contributed by atoms with Gasteiger partial charge in [-0.1, -0.05) is 0 Å². The number of methoxy groups -OCH3 is 1. The quantitative estimate of drug-likeness (QED) is 0.823. The summed E-state index contributed by atoms with van der Waals surface area (Å²) in [4.78, 5) is 13.2. The molecule has 118 valence electrons. The molecule has 1 fully saturated rings. The Balaban J connectivity index is 0.000000270. The minimum absolute atomic E-state index is 0.594. The first-order valence-corrected chi connectivity index (χ1v) is 6.45. The van der Waals surface area contributed by atoms with Crippen LogP contribution in [0.3, 0.4) is 0 Å². The fraction of sp³-hybridized carbons (Fsp3) is 0.538. The molecule has 0 amide bonds. The van der Waals surface area contributed by atoms with Gasteiger partial charge in [0, 0.05) is 25.0 Å². The van der Waals surface area contributed by atoms with Crippen LogP contribution in [-0.4, -0.2) is 37.3 Å². The number of aliphatic carboxylic acids is 1. The number of nitrogens with two attached hydrogens (primary N) is 1. The van der Waals surface area contributed by atoms with Gasteiger partial charge in [0.05, 0.1) is 25.9 Å². The summed E-state index contributed by atoms with van der Waals surface area (Å²) in [6.07, 6.45) is -0.906. The molecule has 21 heavy (non-hydrogen) atoms. The summed E-state index contributed by atoms with van der Waals surface area (Å²) in [5, 5.41) is 11.2. The summed E-state index contributed by atoms with van der Waals surface area (Å²) in [5.41, 5.74) is 1.14. The number of nitrogens with zero attached hydrogens (tertiary/aromatic N) is 1. The predicted molar refractivity (Wildman–Crippen MR) is 65.5 cm³/mol. The molecule has 1 aliphatic heterocycles. The first-order chi connectivity index (χ1) is 9.86. The zero-order valence-electron chi connectivity index (χ0n) is 11.5. The minimum Gasteiger partial charge on any atom is -0.542 e. The average molecular weight is 306 g/mol. The molecule has 1 aliphatic rings. The van der Waals surface area contributed by atoms with E-state index >= 15 is 0 Å². The summed E-state index contributed by atoms with van der Waals surface area (Å²) < 4.78 is 36.9. The van der Waals surface area contributed by atoms with Crippen molar-refractivity contribution in [3.63, 3.8) is 0 Å². The molecule has 8 heteroatoms. The fourth-order valence-electron chi connectivity index (χ4n) is 2.08. The van der Waals surface area contributed by atoms with Crippen LogP contribution in [0.5, 0.6) is 5.75 Å². The van der Waals surface area contributed by atoms with Gasteiger partial charge in [0.15, 0.2) is 0 Å². The van der Waals surface area contributed by atoms with Crippen LogP contribution in [0.15, 0.2) is 18.3 Å². The number of piperidine rings is 1. The van der Waals surface area contributed by atoms with Crippen LogP contribution in [0.25, 0.3) is 0 Å². The maximum Gasteiger partial charge on any atom is 0.430 e. The van der Waals surface area contributed by atoms with Crippen LogP contribution >= 0.6 is 0 Å². The topological polar surface area (TPSA) is 78.9 Å². The molecule has 0 unspecified atom stereocenters. The largest absolute Gasteiger partial charge is 0.542 e. The monoisotopic (exact) mass is 306 g/mol. The molecule has 0 radical (unpaired) electrons. The Kier molecular flexibility index (Phi) is 6.41.